The highest BCUT2D eigenvalue weighted by molar-refractivity contribution is 5.83. The second kappa shape index (κ2) is 8.96. The molecule has 0 aliphatic rings. The number of carbonyl (C=O) groups excluding carboxylic acids is 1. The van der Waals surface area contributed by atoms with Crippen LogP contribution in [0.15, 0.2) is 94.8 Å². The van der Waals surface area contributed by atoms with Crippen molar-refractivity contribution in [1.82, 2.24) is 15.0 Å². The van der Waals surface area contributed by atoms with Crippen molar-refractivity contribution in [3.05, 3.63) is 112 Å². The topological polar surface area (TPSA) is 76.3 Å². The maximum atomic E-state index is 13.1. The molecular formula is C24H20N4O2. The lowest BCUT2D eigenvalue weighted by atomic mass is 10.1. The quantitative estimate of drug-likeness (QED) is 0.402. The average molecular weight is 396 g/mol. The largest absolute Gasteiger partial charge is 0.296 e. The second-order valence-corrected chi connectivity index (χ2v) is 6.80. The molecule has 0 aliphatic heterocycles. The predicted octanol–water partition coefficient (Wildman–Crippen LogP) is 3.14. The summed E-state index contributed by atoms with van der Waals surface area (Å²) in [5, 5.41) is 3.98. The standard InChI is InChI=1S/C24H20N4O2/c29-23(27-25-16-19-11-5-2-6-12-19)17-28-22-14-8-7-13-20(22)26-21(24(28)30)15-18-9-3-1-4-10-18/h1-14,16H,15,17H2,(H,27,29)/b25-16+. The van der Waals surface area contributed by atoms with Gasteiger partial charge in [0.25, 0.3) is 11.5 Å². The number of rotatable bonds is 6. The first kappa shape index (κ1) is 19.3. The molecular weight excluding hydrogens is 376 g/mol. The van der Waals surface area contributed by atoms with Crippen LogP contribution in [0.2, 0.25) is 0 Å². The maximum Gasteiger partial charge on any atom is 0.273 e. The van der Waals surface area contributed by atoms with E-state index in [-0.39, 0.29) is 18.0 Å². The summed E-state index contributed by atoms with van der Waals surface area (Å²) in [6.45, 7) is -0.143. The van der Waals surface area contributed by atoms with E-state index in [1.165, 1.54) is 4.57 Å². The minimum atomic E-state index is -0.383. The van der Waals surface area contributed by atoms with Crippen LogP contribution in [-0.4, -0.2) is 21.7 Å². The van der Waals surface area contributed by atoms with Gasteiger partial charge in [0.05, 0.1) is 17.2 Å². The highest BCUT2D eigenvalue weighted by Crippen LogP contribution is 2.12. The number of hydrogen-bond donors (Lipinski definition) is 1. The smallest absolute Gasteiger partial charge is 0.273 e. The molecule has 1 aromatic heterocycles. The number of carbonyl (C=O) groups is 1. The van der Waals surface area contributed by atoms with E-state index in [1.807, 2.05) is 78.9 Å². The summed E-state index contributed by atoms with van der Waals surface area (Å²) in [5.74, 6) is -0.383. The third-order valence-corrected chi connectivity index (χ3v) is 4.64. The third kappa shape index (κ3) is 4.50. The molecule has 0 bridgehead atoms. The van der Waals surface area contributed by atoms with Gasteiger partial charge in [0.2, 0.25) is 0 Å². The van der Waals surface area contributed by atoms with Crippen molar-refractivity contribution in [2.75, 3.05) is 0 Å². The van der Waals surface area contributed by atoms with Gasteiger partial charge in [-0.15, -0.1) is 0 Å². The first-order chi connectivity index (χ1) is 14.7. The van der Waals surface area contributed by atoms with Gasteiger partial charge in [0.1, 0.15) is 12.2 Å². The van der Waals surface area contributed by atoms with Crippen LogP contribution in [-0.2, 0) is 17.8 Å². The minimum absolute atomic E-state index is 0.143. The van der Waals surface area contributed by atoms with Crippen molar-refractivity contribution in [3.8, 4) is 0 Å². The molecule has 0 fully saturated rings. The molecule has 148 valence electrons. The van der Waals surface area contributed by atoms with Crippen LogP contribution in [0.25, 0.3) is 11.0 Å². The number of aromatic nitrogens is 2. The molecule has 3 aromatic carbocycles. The highest BCUT2D eigenvalue weighted by atomic mass is 16.2. The zero-order chi connectivity index (χ0) is 20.8. The number of nitrogens with one attached hydrogen (secondary N) is 1. The molecule has 0 spiro atoms. The van der Waals surface area contributed by atoms with Crippen molar-refractivity contribution in [1.29, 1.82) is 0 Å². The lowest BCUT2D eigenvalue weighted by Crippen LogP contribution is -2.32. The Bertz CT molecular complexity index is 1250. The number of benzene rings is 3. The molecule has 0 radical (unpaired) electrons. The van der Waals surface area contributed by atoms with Gasteiger partial charge in [-0.1, -0.05) is 72.8 Å². The number of hydrogen-bond acceptors (Lipinski definition) is 4. The van der Waals surface area contributed by atoms with Crippen LogP contribution < -0.4 is 11.0 Å². The maximum absolute atomic E-state index is 13.1. The van der Waals surface area contributed by atoms with E-state index in [0.29, 0.717) is 23.1 Å². The Morgan fingerprint density at radius 2 is 1.60 bits per heavy atom. The van der Waals surface area contributed by atoms with Crippen molar-refractivity contribution >= 4 is 23.2 Å². The van der Waals surface area contributed by atoms with E-state index in [0.717, 1.165) is 11.1 Å². The molecule has 4 aromatic rings. The SMILES string of the molecule is O=C(Cn1c(=O)c(Cc2ccccc2)nc2ccccc21)N/N=C/c1ccccc1. The molecule has 1 heterocycles. The van der Waals surface area contributed by atoms with Gasteiger partial charge in [-0.2, -0.15) is 5.10 Å². The number of fused-ring (bicyclic) bond motifs is 1. The van der Waals surface area contributed by atoms with Gasteiger partial charge in [0, 0.05) is 6.42 Å². The molecule has 0 saturated heterocycles. The lowest BCUT2D eigenvalue weighted by molar-refractivity contribution is -0.121. The minimum Gasteiger partial charge on any atom is -0.296 e. The lowest BCUT2D eigenvalue weighted by Gasteiger charge is -2.11. The fraction of sp³-hybridized carbons (Fsp3) is 0.0833. The summed E-state index contributed by atoms with van der Waals surface area (Å²) in [4.78, 5) is 30.1. The van der Waals surface area contributed by atoms with Gasteiger partial charge < -0.3 is 0 Å². The van der Waals surface area contributed by atoms with E-state index in [4.69, 9.17) is 0 Å². The van der Waals surface area contributed by atoms with E-state index in [2.05, 4.69) is 15.5 Å². The van der Waals surface area contributed by atoms with Crippen LogP contribution in [0.3, 0.4) is 0 Å². The summed E-state index contributed by atoms with van der Waals surface area (Å²) < 4.78 is 1.45. The Hall–Kier alpha value is -4.06. The van der Waals surface area contributed by atoms with Gasteiger partial charge in [0.15, 0.2) is 0 Å². The second-order valence-electron chi connectivity index (χ2n) is 6.80. The summed E-state index contributed by atoms with van der Waals surface area (Å²) >= 11 is 0. The van der Waals surface area contributed by atoms with Crippen molar-refractivity contribution in [2.45, 2.75) is 13.0 Å². The number of hydrazone groups is 1. The summed E-state index contributed by atoms with van der Waals surface area (Å²) in [6.07, 6.45) is 1.96. The Labute approximate surface area is 173 Å². The van der Waals surface area contributed by atoms with Crippen molar-refractivity contribution < 1.29 is 4.79 Å². The number of para-hydroxylation sites is 2. The van der Waals surface area contributed by atoms with Gasteiger partial charge >= 0.3 is 0 Å². The zero-order valence-electron chi connectivity index (χ0n) is 16.2. The first-order valence-corrected chi connectivity index (χ1v) is 9.60. The van der Waals surface area contributed by atoms with Crippen molar-refractivity contribution in [2.24, 2.45) is 5.10 Å². The first-order valence-electron chi connectivity index (χ1n) is 9.60. The molecule has 0 atom stereocenters. The van der Waals surface area contributed by atoms with Crippen LogP contribution in [0.5, 0.6) is 0 Å². The molecule has 4 rings (SSSR count). The average Bonchev–Trinajstić information content (AvgIpc) is 2.78. The van der Waals surface area contributed by atoms with Crippen LogP contribution in [0.4, 0.5) is 0 Å². The summed E-state index contributed by atoms with van der Waals surface area (Å²) in [6, 6.07) is 26.4. The Kier molecular flexibility index (Phi) is 5.75. The number of amides is 1. The normalized spacial score (nSPS) is 11.1. The Morgan fingerprint density at radius 1 is 0.933 bits per heavy atom. The molecule has 0 aliphatic carbocycles. The fourth-order valence-electron chi connectivity index (χ4n) is 3.20. The van der Waals surface area contributed by atoms with E-state index >= 15 is 0 Å². The van der Waals surface area contributed by atoms with Crippen molar-refractivity contribution in [3.63, 3.8) is 0 Å². The van der Waals surface area contributed by atoms with Gasteiger partial charge in [-0.3, -0.25) is 14.2 Å². The fourth-order valence-corrected chi connectivity index (χ4v) is 3.20. The number of nitrogens with zero attached hydrogens (tertiary/aromatic N) is 3. The van der Waals surface area contributed by atoms with Gasteiger partial charge in [-0.05, 0) is 23.3 Å². The Balaban J connectivity index is 1.60. The molecule has 6 nitrogen and oxygen atoms in total. The predicted molar refractivity (Wildman–Crippen MR) is 117 cm³/mol. The zero-order valence-corrected chi connectivity index (χ0v) is 16.2. The highest BCUT2D eigenvalue weighted by Gasteiger charge is 2.14. The van der Waals surface area contributed by atoms with Gasteiger partial charge in [-0.25, -0.2) is 10.4 Å². The molecule has 0 unspecified atom stereocenters. The molecule has 30 heavy (non-hydrogen) atoms. The van der Waals surface area contributed by atoms with Crippen LogP contribution in [0.1, 0.15) is 16.8 Å². The van der Waals surface area contributed by atoms with Crippen LogP contribution >= 0.6 is 0 Å². The third-order valence-electron chi connectivity index (χ3n) is 4.64. The van der Waals surface area contributed by atoms with E-state index in [9.17, 15) is 9.59 Å². The molecule has 0 saturated carbocycles. The molecule has 6 heteroatoms. The summed E-state index contributed by atoms with van der Waals surface area (Å²) in [5.41, 5.74) is 5.76. The molecule has 1 amide bonds. The Morgan fingerprint density at radius 3 is 2.37 bits per heavy atom. The monoisotopic (exact) mass is 396 g/mol. The van der Waals surface area contributed by atoms with Crippen LogP contribution in [0, 0.1) is 0 Å². The summed E-state index contributed by atoms with van der Waals surface area (Å²) in [7, 11) is 0. The molecule has 1 N–H and O–H groups in total. The van der Waals surface area contributed by atoms with E-state index in [1.54, 1.807) is 12.3 Å². The van der Waals surface area contributed by atoms with E-state index < -0.39 is 0 Å².